The summed E-state index contributed by atoms with van der Waals surface area (Å²) in [4.78, 5) is 8.55. The van der Waals surface area contributed by atoms with Gasteiger partial charge >= 0.3 is 0 Å². The molecule has 0 fully saturated rings. The highest BCUT2D eigenvalue weighted by molar-refractivity contribution is 5.50. The molecule has 0 aliphatic heterocycles. The maximum atomic E-state index is 5.61. The molecule has 0 saturated carbocycles. The maximum Gasteiger partial charge on any atom is 0.276 e. The van der Waals surface area contributed by atoms with Crippen LogP contribution in [0.5, 0.6) is 0 Å². The van der Waals surface area contributed by atoms with E-state index in [0.717, 1.165) is 5.56 Å². The van der Waals surface area contributed by atoms with Crippen molar-refractivity contribution in [3.63, 3.8) is 0 Å². The first-order valence-electron chi connectivity index (χ1n) is 6.72. The first-order chi connectivity index (χ1) is 10.1. The lowest BCUT2D eigenvalue weighted by molar-refractivity contribution is 0.422. The summed E-state index contributed by atoms with van der Waals surface area (Å²) < 4.78 is 5.25. The van der Waals surface area contributed by atoms with Gasteiger partial charge in [0.05, 0.1) is 11.9 Å². The molecule has 5 nitrogen and oxygen atoms in total. The Bertz CT molecular complexity index is 762. The second kappa shape index (κ2) is 5.36. The molecule has 106 valence electrons. The molecule has 0 bridgehead atoms. The first kappa shape index (κ1) is 13.3. The maximum absolute atomic E-state index is 5.61. The van der Waals surface area contributed by atoms with Crippen molar-refractivity contribution < 1.29 is 4.52 Å². The molecule has 0 amide bonds. The summed E-state index contributed by atoms with van der Waals surface area (Å²) in [6, 6.07) is 9.86. The predicted molar refractivity (Wildman–Crippen MR) is 80.7 cm³/mol. The smallest absolute Gasteiger partial charge is 0.276 e. The van der Waals surface area contributed by atoms with Gasteiger partial charge in [0.15, 0.2) is 5.82 Å². The lowest BCUT2D eigenvalue weighted by Gasteiger charge is -2.02. The fraction of sp³-hybridized carbons (Fsp3) is 0.188. The van der Waals surface area contributed by atoms with E-state index in [0.29, 0.717) is 29.5 Å². The van der Waals surface area contributed by atoms with Crippen molar-refractivity contribution in [2.24, 2.45) is 0 Å². The van der Waals surface area contributed by atoms with Crippen LogP contribution in [0.3, 0.4) is 0 Å². The minimum Gasteiger partial charge on any atom is -0.397 e. The number of hydrogen-bond donors (Lipinski definition) is 1. The van der Waals surface area contributed by atoms with Gasteiger partial charge in [-0.15, -0.1) is 0 Å². The van der Waals surface area contributed by atoms with Crippen LogP contribution in [-0.2, 0) is 6.42 Å². The van der Waals surface area contributed by atoms with E-state index in [1.54, 1.807) is 18.3 Å². The molecule has 1 aromatic carbocycles. The fourth-order valence-electron chi connectivity index (χ4n) is 2.06. The van der Waals surface area contributed by atoms with Crippen LogP contribution in [0.15, 0.2) is 41.1 Å². The number of hydrogen-bond acceptors (Lipinski definition) is 5. The van der Waals surface area contributed by atoms with Gasteiger partial charge in [-0.1, -0.05) is 23.4 Å². The number of benzene rings is 1. The van der Waals surface area contributed by atoms with Crippen LogP contribution in [0.1, 0.15) is 22.5 Å². The number of nitrogens with two attached hydrogens (primary N) is 1. The molecule has 0 atom stereocenters. The lowest BCUT2D eigenvalue weighted by Crippen LogP contribution is -1.93. The van der Waals surface area contributed by atoms with Gasteiger partial charge in [0.1, 0.15) is 5.69 Å². The summed E-state index contributed by atoms with van der Waals surface area (Å²) in [6.07, 6.45) is 2.21. The molecular weight excluding hydrogens is 264 g/mol. The normalized spacial score (nSPS) is 10.8. The molecule has 2 N–H and O–H groups in total. The number of pyridine rings is 1. The minimum absolute atomic E-state index is 0.411. The van der Waals surface area contributed by atoms with Crippen molar-refractivity contribution in [1.29, 1.82) is 0 Å². The van der Waals surface area contributed by atoms with Gasteiger partial charge in [-0.2, -0.15) is 4.98 Å². The molecule has 0 unspecified atom stereocenters. The van der Waals surface area contributed by atoms with E-state index < -0.39 is 0 Å². The number of aryl methyl sites for hydroxylation is 2. The van der Waals surface area contributed by atoms with Gasteiger partial charge in [-0.3, -0.25) is 0 Å². The zero-order valence-corrected chi connectivity index (χ0v) is 12.0. The third-order valence-corrected chi connectivity index (χ3v) is 3.41. The van der Waals surface area contributed by atoms with E-state index in [1.807, 2.05) is 0 Å². The van der Waals surface area contributed by atoms with E-state index in [1.165, 1.54) is 11.1 Å². The summed E-state index contributed by atoms with van der Waals surface area (Å²) in [5.41, 5.74) is 10.5. The summed E-state index contributed by atoms with van der Waals surface area (Å²) in [5.74, 6) is 1.06. The van der Waals surface area contributed by atoms with Crippen LogP contribution in [0.4, 0.5) is 5.69 Å². The second-order valence-electron chi connectivity index (χ2n) is 5.09. The highest BCUT2D eigenvalue weighted by Crippen LogP contribution is 2.17. The Labute approximate surface area is 122 Å². The molecule has 0 spiro atoms. The van der Waals surface area contributed by atoms with Gasteiger partial charge in [-0.25, -0.2) is 4.98 Å². The van der Waals surface area contributed by atoms with E-state index in [4.69, 9.17) is 10.3 Å². The van der Waals surface area contributed by atoms with Gasteiger partial charge < -0.3 is 10.3 Å². The summed E-state index contributed by atoms with van der Waals surface area (Å²) in [5, 5.41) is 4.01. The predicted octanol–water partition coefficient (Wildman–Crippen LogP) is 2.92. The van der Waals surface area contributed by atoms with Crippen LogP contribution in [0, 0.1) is 13.8 Å². The second-order valence-corrected chi connectivity index (χ2v) is 5.09. The molecule has 3 aromatic rings. The zero-order chi connectivity index (χ0) is 14.8. The van der Waals surface area contributed by atoms with Crippen molar-refractivity contribution in [2.75, 3.05) is 5.73 Å². The molecular formula is C16H16N4O. The molecule has 0 aliphatic rings. The third kappa shape index (κ3) is 2.91. The van der Waals surface area contributed by atoms with Gasteiger partial charge in [0.25, 0.3) is 5.89 Å². The van der Waals surface area contributed by atoms with Crippen LogP contribution < -0.4 is 5.73 Å². The molecule has 0 aliphatic carbocycles. The van der Waals surface area contributed by atoms with E-state index >= 15 is 0 Å². The van der Waals surface area contributed by atoms with Crippen molar-refractivity contribution in [2.45, 2.75) is 20.3 Å². The number of anilines is 1. The Kier molecular flexibility index (Phi) is 3.39. The standard InChI is InChI=1S/C16H16N4O/c1-10-3-4-12(7-11(10)2)8-15-19-16(21-20-15)14-6-5-13(17)9-18-14/h3-7,9H,8,17H2,1-2H3. The lowest BCUT2D eigenvalue weighted by atomic mass is 10.0. The van der Waals surface area contributed by atoms with Crippen LogP contribution in [0.2, 0.25) is 0 Å². The average molecular weight is 280 g/mol. The number of nitrogen functional groups attached to an aromatic ring is 1. The van der Waals surface area contributed by atoms with Crippen molar-refractivity contribution in [3.8, 4) is 11.6 Å². The van der Waals surface area contributed by atoms with Crippen molar-refractivity contribution in [1.82, 2.24) is 15.1 Å². The topological polar surface area (TPSA) is 77.8 Å². The SMILES string of the molecule is Cc1ccc(Cc2noc(-c3ccc(N)cn3)n2)cc1C. The fourth-order valence-corrected chi connectivity index (χ4v) is 2.06. The molecule has 21 heavy (non-hydrogen) atoms. The highest BCUT2D eigenvalue weighted by Gasteiger charge is 2.10. The average Bonchev–Trinajstić information content (AvgIpc) is 2.92. The molecule has 0 radical (unpaired) electrons. The van der Waals surface area contributed by atoms with Crippen LogP contribution in [-0.4, -0.2) is 15.1 Å². The van der Waals surface area contributed by atoms with Crippen molar-refractivity contribution >= 4 is 5.69 Å². The van der Waals surface area contributed by atoms with Gasteiger partial charge in [-0.05, 0) is 42.7 Å². The molecule has 0 saturated heterocycles. The summed E-state index contributed by atoms with van der Waals surface area (Å²) >= 11 is 0. The highest BCUT2D eigenvalue weighted by atomic mass is 16.5. The number of rotatable bonds is 3. The Morgan fingerprint density at radius 1 is 1.10 bits per heavy atom. The first-order valence-corrected chi connectivity index (χ1v) is 6.72. The monoisotopic (exact) mass is 280 g/mol. The van der Waals surface area contributed by atoms with E-state index in [-0.39, 0.29) is 0 Å². The Morgan fingerprint density at radius 3 is 2.67 bits per heavy atom. The molecule has 2 aromatic heterocycles. The van der Waals surface area contributed by atoms with Crippen LogP contribution >= 0.6 is 0 Å². The van der Waals surface area contributed by atoms with E-state index in [9.17, 15) is 0 Å². The van der Waals surface area contributed by atoms with Crippen LogP contribution in [0.25, 0.3) is 11.6 Å². The Hall–Kier alpha value is -2.69. The largest absolute Gasteiger partial charge is 0.397 e. The molecule has 5 heteroatoms. The quantitative estimate of drug-likeness (QED) is 0.798. The molecule has 3 rings (SSSR count). The Morgan fingerprint density at radius 2 is 1.95 bits per heavy atom. The van der Waals surface area contributed by atoms with E-state index in [2.05, 4.69) is 47.2 Å². The summed E-state index contributed by atoms with van der Waals surface area (Å²) in [7, 11) is 0. The van der Waals surface area contributed by atoms with Crippen molar-refractivity contribution in [3.05, 3.63) is 59.0 Å². The van der Waals surface area contributed by atoms with Gasteiger partial charge in [0.2, 0.25) is 0 Å². The molecule has 2 heterocycles. The number of nitrogens with zero attached hydrogens (tertiary/aromatic N) is 3. The summed E-state index contributed by atoms with van der Waals surface area (Å²) in [6.45, 7) is 4.19. The zero-order valence-electron chi connectivity index (χ0n) is 12.0. The number of aromatic nitrogens is 3. The minimum atomic E-state index is 0.411. The Balaban J connectivity index is 1.81. The third-order valence-electron chi connectivity index (χ3n) is 3.41. The van der Waals surface area contributed by atoms with Gasteiger partial charge in [0, 0.05) is 6.42 Å².